The van der Waals surface area contributed by atoms with Crippen LogP contribution in [-0.2, 0) is 11.3 Å². The van der Waals surface area contributed by atoms with Gasteiger partial charge in [0, 0.05) is 6.04 Å². The number of hydrogen-bond acceptors (Lipinski definition) is 4. The summed E-state index contributed by atoms with van der Waals surface area (Å²) in [5, 5.41) is 17.9. The largest absolute Gasteiger partial charge is 0.352 e. The van der Waals surface area contributed by atoms with Crippen molar-refractivity contribution >= 4 is 11.6 Å². The van der Waals surface area contributed by atoms with Crippen LogP contribution in [0.4, 0.5) is 5.69 Å². The van der Waals surface area contributed by atoms with Crippen molar-refractivity contribution in [2.75, 3.05) is 0 Å². The van der Waals surface area contributed by atoms with Crippen LogP contribution < -0.4 is 5.32 Å². The van der Waals surface area contributed by atoms with E-state index in [9.17, 15) is 14.9 Å². The molecule has 0 aliphatic heterocycles. The monoisotopic (exact) mass is 306 g/mol. The molecule has 22 heavy (non-hydrogen) atoms. The Hall–Kier alpha value is -1.92. The van der Waals surface area contributed by atoms with Crippen molar-refractivity contribution in [3.8, 4) is 0 Å². The van der Waals surface area contributed by atoms with E-state index in [2.05, 4.69) is 17.3 Å². The predicted octanol–water partition coefficient (Wildman–Crippen LogP) is 2.04. The summed E-state index contributed by atoms with van der Waals surface area (Å²) in [7, 11) is 0. The van der Waals surface area contributed by atoms with Crippen molar-refractivity contribution in [1.82, 2.24) is 15.1 Å². The molecule has 2 aliphatic rings. The highest BCUT2D eigenvalue weighted by Crippen LogP contribution is 2.49. The number of carbonyl (C=O) groups excluding carboxylic acids is 1. The number of rotatable bonds is 5. The van der Waals surface area contributed by atoms with Crippen LogP contribution in [0.3, 0.4) is 0 Å². The Morgan fingerprint density at radius 1 is 1.55 bits per heavy atom. The Bertz CT molecular complexity index is 598. The molecular formula is C15H22N4O3. The summed E-state index contributed by atoms with van der Waals surface area (Å²) in [6.07, 6.45) is 6.49. The third-order valence-corrected chi connectivity index (χ3v) is 5.25. The lowest BCUT2D eigenvalue weighted by Gasteiger charge is -2.28. The highest BCUT2D eigenvalue weighted by molar-refractivity contribution is 5.76. The van der Waals surface area contributed by atoms with Crippen LogP contribution >= 0.6 is 0 Å². The second kappa shape index (κ2) is 5.70. The van der Waals surface area contributed by atoms with E-state index in [4.69, 9.17) is 0 Å². The first-order chi connectivity index (χ1) is 10.4. The van der Waals surface area contributed by atoms with Crippen LogP contribution in [0.5, 0.6) is 0 Å². The van der Waals surface area contributed by atoms with Gasteiger partial charge in [-0.1, -0.05) is 6.42 Å². The topological polar surface area (TPSA) is 90.1 Å². The molecule has 4 atom stereocenters. The number of nitrogens with one attached hydrogen (secondary N) is 1. The summed E-state index contributed by atoms with van der Waals surface area (Å²) in [4.78, 5) is 22.5. The molecule has 3 rings (SSSR count). The molecule has 1 heterocycles. The molecule has 1 aromatic heterocycles. The van der Waals surface area contributed by atoms with Gasteiger partial charge in [0.2, 0.25) is 5.91 Å². The maximum atomic E-state index is 12.1. The Balaban J connectivity index is 1.56. The minimum atomic E-state index is -0.478. The molecule has 0 aromatic carbocycles. The summed E-state index contributed by atoms with van der Waals surface area (Å²) in [6, 6.07) is 0.162. The van der Waals surface area contributed by atoms with Gasteiger partial charge in [0.1, 0.15) is 18.4 Å². The Morgan fingerprint density at radius 3 is 2.86 bits per heavy atom. The number of fused-ring (bicyclic) bond motifs is 2. The van der Waals surface area contributed by atoms with Crippen LogP contribution in [0.15, 0.2) is 6.20 Å². The van der Waals surface area contributed by atoms with Gasteiger partial charge < -0.3 is 5.32 Å². The van der Waals surface area contributed by atoms with Crippen LogP contribution in [0.1, 0.15) is 38.3 Å². The standard InChI is InChI=1S/C15H22N4O3/c1-9(13-6-11-3-4-12(13)5-11)16-15(20)8-18-7-14(19(21)22)10(2)17-18/h7,9,11-13H,3-6,8H2,1-2H3,(H,16,20)/t9-,11-,12-,13-/m1/s1. The molecule has 1 aromatic rings. The number of hydrogen-bond donors (Lipinski definition) is 1. The van der Waals surface area contributed by atoms with Crippen molar-refractivity contribution < 1.29 is 9.72 Å². The molecular weight excluding hydrogens is 284 g/mol. The normalized spacial score (nSPS) is 27.8. The van der Waals surface area contributed by atoms with Crippen LogP contribution in [-0.4, -0.2) is 26.7 Å². The van der Waals surface area contributed by atoms with E-state index in [0.29, 0.717) is 11.6 Å². The van der Waals surface area contributed by atoms with E-state index in [1.807, 2.05) is 0 Å². The number of aryl methyl sites for hydroxylation is 1. The van der Waals surface area contributed by atoms with Crippen molar-refractivity contribution in [1.29, 1.82) is 0 Å². The molecule has 2 fully saturated rings. The predicted molar refractivity (Wildman–Crippen MR) is 80.2 cm³/mol. The van der Waals surface area contributed by atoms with Gasteiger partial charge >= 0.3 is 5.69 Å². The first kappa shape index (κ1) is 15.0. The lowest BCUT2D eigenvalue weighted by Crippen LogP contribution is -2.41. The zero-order chi connectivity index (χ0) is 15.9. The van der Waals surface area contributed by atoms with Gasteiger partial charge in [-0.3, -0.25) is 19.6 Å². The molecule has 7 nitrogen and oxygen atoms in total. The van der Waals surface area contributed by atoms with E-state index in [1.165, 1.54) is 36.6 Å². The Kier molecular flexibility index (Phi) is 3.88. The fourth-order valence-electron chi connectivity index (χ4n) is 4.23. The van der Waals surface area contributed by atoms with Crippen molar-refractivity contribution in [3.05, 3.63) is 22.0 Å². The van der Waals surface area contributed by atoms with Gasteiger partial charge in [-0.2, -0.15) is 5.10 Å². The zero-order valence-electron chi connectivity index (χ0n) is 13.0. The van der Waals surface area contributed by atoms with Gasteiger partial charge in [-0.15, -0.1) is 0 Å². The molecule has 1 N–H and O–H groups in total. The minimum absolute atomic E-state index is 0.0276. The highest BCUT2D eigenvalue weighted by Gasteiger charge is 2.42. The van der Waals surface area contributed by atoms with Crippen molar-refractivity contribution in [2.24, 2.45) is 17.8 Å². The smallest absolute Gasteiger partial charge is 0.309 e. The second-order valence-corrected chi connectivity index (χ2v) is 6.75. The second-order valence-electron chi connectivity index (χ2n) is 6.75. The average molecular weight is 306 g/mol. The van der Waals surface area contributed by atoms with E-state index >= 15 is 0 Å². The number of amides is 1. The first-order valence-electron chi connectivity index (χ1n) is 7.92. The SMILES string of the molecule is Cc1nn(CC(=O)N[C@H](C)[C@H]2C[C@@H]3CC[C@@H]2C3)cc1[N+](=O)[O-]. The van der Waals surface area contributed by atoms with Crippen molar-refractivity contribution in [3.63, 3.8) is 0 Å². The van der Waals surface area contributed by atoms with E-state index in [0.717, 1.165) is 11.8 Å². The molecule has 0 radical (unpaired) electrons. The van der Waals surface area contributed by atoms with Gasteiger partial charge in [0.15, 0.2) is 0 Å². The Labute approximate surface area is 129 Å². The molecule has 2 aliphatic carbocycles. The van der Waals surface area contributed by atoms with Gasteiger partial charge in [0.05, 0.1) is 4.92 Å². The lowest BCUT2D eigenvalue weighted by atomic mass is 9.84. The van der Waals surface area contributed by atoms with E-state index in [1.54, 1.807) is 6.92 Å². The number of carbonyl (C=O) groups is 1. The van der Waals surface area contributed by atoms with Crippen molar-refractivity contribution in [2.45, 2.75) is 52.1 Å². The fourth-order valence-corrected chi connectivity index (χ4v) is 4.23. The van der Waals surface area contributed by atoms with Gasteiger partial charge in [-0.25, -0.2) is 0 Å². The van der Waals surface area contributed by atoms with E-state index < -0.39 is 4.92 Å². The summed E-state index contributed by atoms with van der Waals surface area (Å²) >= 11 is 0. The zero-order valence-corrected chi connectivity index (χ0v) is 13.0. The van der Waals surface area contributed by atoms with Gasteiger partial charge in [0.25, 0.3) is 0 Å². The summed E-state index contributed by atoms with van der Waals surface area (Å²) in [5.74, 6) is 2.06. The molecule has 0 unspecified atom stereocenters. The quantitative estimate of drug-likeness (QED) is 0.666. The highest BCUT2D eigenvalue weighted by atomic mass is 16.6. The Morgan fingerprint density at radius 2 is 2.32 bits per heavy atom. The van der Waals surface area contributed by atoms with E-state index in [-0.39, 0.29) is 24.2 Å². The molecule has 120 valence electrons. The first-order valence-corrected chi connectivity index (χ1v) is 7.92. The molecule has 0 saturated heterocycles. The van der Waals surface area contributed by atoms with Crippen LogP contribution in [0.2, 0.25) is 0 Å². The molecule has 2 bridgehead atoms. The maximum Gasteiger partial charge on any atom is 0.309 e. The molecule has 7 heteroatoms. The van der Waals surface area contributed by atoms with Crippen LogP contribution in [0, 0.1) is 34.8 Å². The average Bonchev–Trinajstić information content (AvgIpc) is 3.13. The summed E-state index contributed by atoms with van der Waals surface area (Å²) in [5.41, 5.74) is 0.285. The number of nitro groups is 1. The minimum Gasteiger partial charge on any atom is -0.352 e. The molecule has 2 saturated carbocycles. The maximum absolute atomic E-state index is 12.1. The number of nitrogens with zero attached hydrogens (tertiary/aromatic N) is 3. The molecule has 0 spiro atoms. The third kappa shape index (κ3) is 2.84. The lowest BCUT2D eigenvalue weighted by molar-refractivity contribution is -0.385. The summed E-state index contributed by atoms with van der Waals surface area (Å²) < 4.78 is 1.34. The molecule has 1 amide bonds. The number of aromatic nitrogens is 2. The summed E-state index contributed by atoms with van der Waals surface area (Å²) in [6.45, 7) is 3.67. The fraction of sp³-hybridized carbons (Fsp3) is 0.733. The van der Waals surface area contributed by atoms with Crippen LogP contribution in [0.25, 0.3) is 0 Å². The third-order valence-electron chi connectivity index (χ3n) is 5.25. The van der Waals surface area contributed by atoms with Gasteiger partial charge in [-0.05, 0) is 50.9 Å².